The van der Waals surface area contributed by atoms with Crippen molar-refractivity contribution in [1.29, 1.82) is 0 Å². The fourth-order valence-corrected chi connectivity index (χ4v) is 3.85. The molecule has 0 fully saturated rings. The molecule has 3 heteroatoms. The monoisotopic (exact) mass is 290 g/mol. The van der Waals surface area contributed by atoms with E-state index in [0.29, 0.717) is 16.7 Å². The molecule has 0 saturated carbocycles. The van der Waals surface area contributed by atoms with Crippen LogP contribution in [0.3, 0.4) is 0 Å². The molecule has 20 heavy (non-hydrogen) atoms. The van der Waals surface area contributed by atoms with Crippen LogP contribution < -0.4 is 5.32 Å². The largest absolute Gasteiger partial charge is 0.358 e. The predicted octanol–water partition coefficient (Wildman–Crippen LogP) is 4.55. The Bertz CT molecular complexity index is 471. The zero-order valence-electron chi connectivity index (χ0n) is 13.2. The molecule has 1 N–H and O–H groups in total. The van der Waals surface area contributed by atoms with E-state index in [2.05, 4.69) is 69.2 Å². The highest BCUT2D eigenvalue weighted by atomic mass is 32.2. The number of rotatable bonds is 3. The van der Waals surface area contributed by atoms with Crippen molar-refractivity contribution in [1.82, 2.24) is 5.32 Å². The summed E-state index contributed by atoms with van der Waals surface area (Å²) in [6, 6.07) is 9.04. The zero-order chi connectivity index (χ0) is 14.8. The van der Waals surface area contributed by atoms with Gasteiger partial charge in [-0.05, 0) is 31.2 Å². The minimum atomic E-state index is 0.315. The summed E-state index contributed by atoms with van der Waals surface area (Å²) in [6.07, 6.45) is 1.21. The molecular weight excluding hydrogens is 264 g/mol. The lowest BCUT2D eigenvalue weighted by molar-refractivity contribution is 0.375. The molecule has 0 amide bonds. The van der Waals surface area contributed by atoms with E-state index in [0.717, 1.165) is 11.7 Å². The van der Waals surface area contributed by atoms with E-state index < -0.39 is 0 Å². The van der Waals surface area contributed by atoms with Gasteiger partial charge in [-0.15, -0.1) is 0 Å². The van der Waals surface area contributed by atoms with Gasteiger partial charge in [0.05, 0.1) is 12.6 Å². The second-order valence-corrected chi connectivity index (χ2v) is 8.22. The molecule has 1 aliphatic heterocycles. The topological polar surface area (TPSA) is 24.4 Å². The number of amidine groups is 1. The van der Waals surface area contributed by atoms with Crippen LogP contribution in [-0.2, 0) is 0 Å². The van der Waals surface area contributed by atoms with Crippen LogP contribution in [0.1, 0.15) is 51.3 Å². The van der Waals surface area contributed by atoms with Crippen molar-refractivity contribution < 1.29 is 0 Å². The molecule has 1 aromatic carbocycles. The lowest BCUT2D eigenvalue weighted by atomic mass is 9.90. The molecule has 0 bridgehead atoms. The van der Waals surface area contributed by atoms with Crippen LogP contribution in [0.4, 0.5) is 0 Å². The zero-order valence-corrected chi connectivity index (χ0v) is 14.1. The predicted molar refractivity (Wildman–Crippen MR) is 90.5 cm³/mol. The summed E-state index contributed by atoms with van der Waals surface area (Å²) in [5, 5.41) is 5.27. The molecule has 0 spiro atoms. The Hall–Kier alpha value is -0.960. The van der Waals surface area contributed by atoms with Gasteiger partial charge in [-0.3, -0.25) is 4.99 Å². The van der Waals surface area contributed by atoms with Crippen LogP contribution >= 0.6 is 11.8 Å². The van der Waals surface area contributed by atoms with Crippen LogP contribution in [0.2, 0.25) is 0 Å². The highest BCUT2D eigenvalue weighted by molar-refractivity contribution is 8.14. The van der Waals surface area contributed by atoms with Crippen molar-refractivity contribution in [3.63, 3.8) is 0 Å². The fraction of sp³-hybridized carbons (Fsp3) is 0.588. The molecule has 2 unspecified atom stereocenters. The lowest BCUT2D eigenvalue weighted by Gasteiger charge is -2.22. The standard InChI is InChI=1S/C17H26N2S/c1-12-6-8-14(9-7-12)13(2)19-16-18-11-15(20-16)10-17(3,4)5/h6-9,13,15H,10-11H2,1-5H3,(H,18,19). The van der Waals surface area contributed by atoms with Crippen LogP contribution in [0.15, 0.2) is 29.3 Å². The van der Waals surface area contributed by atoms with Gasteiger partial charge in [-0.25, -0.2) is 0 Å². The van der Waals surface area contributed by atoms with Gasteiger partial charge in [0, 0.05) is 5.25 Å². The average Bonchev–Trinajstić information content (AvgIpc) is 2.74. The van der Waals surface area contributed by atoms with Crippen LogP contribution in [0.25, 0.3) is 0 Å². The minimum Gasteiger partial charge on any atom is -0.358 e. The molecular formula is C17H26N2S. The first-order valence-electron chi connectivity index (χ1n) is 7.38. The first kappa shape index (κ1) is 15.4. The molecule has 0 aliphatic carbocycles. The van der Waals surface area contributed by atoms with E-state index in [1.165, 1.54) is 17.5 Å². The molecule has 0 aromatic heterocycles. The average molecular weight is 290 g/mol. The maximum Gasteiger partial charge on any atom is 0.157 e. The number of nitrogens with zero attached hydrogens (tertiary/aromatic N) is 1. The van der Waals surface area contributed by atoms with Gasteiger partial charge in [0.1, 0.15) is 0 Å². The Morgan fingerprint density at radius 1 is 1.30 bits per heavy atom. The van der Waals surface area contributed by atoms with Crippen LogP contribution in [0.5, 0.6) is 0 Å². The van der Waals surface area contributed by atoms with Crippen molar-refractivity contribution in [3.05, 3.63) is 35.4 Å². The summed E-state index contributed by atoms with van der Waals surface area (Å²) >= 11 is 1.90. The molecule has 2 atom stereocenters. The quantitative estimate of drug-likeness (QED) is 0.883. The van der Waals surface area contributed by atoms with E-state index in [4.69, 9.17) is 0 Å². The first-order chi connectivity index (χ1) is 9.33. The van der Waals surface area contributed by atoms with Gasteiger partial charge in [0.15, 0.2) is 5.17 Å². The minimum absolute atomic E-state index is 0.315. The second kappa shape index (κ2) is 6.21. The third-order valence-corrected chi connectivity index (χ3v) is 4.59. The highest BCUT2D eigenvalue weighted by Gasteiger charge is 2.25. The van der Waals surface area contributed by atoms with Crippen molar-refractivity contribution in [2.75, 3.05) is 6.54 Å². The van der Waals surface area contributed by atoms with Crippen molar-refractivity contribution in [2.24, 2.45) is 10.4 Å². The third-order valence-electron chi connectivity index (χ3n) is 3.47. The maximum atomic E-state index is 4.65. The molecule has 1 aromatic rings. The second-order valence-electron chi connectivity index (χ2n) is 6.93. The fourth-order valence-electron chi connectivity index (χ4n) is 2.41. The molecule has 2 nitrogen and oxygen atoms in total. The smallest absolute Gasteiger partial charge is 0.157 e. The summed E-state index contributed by atoms with van der Waals surface area (Å²) in [7, 11) is 0. The highest BCUT2D eigenvalue weighted by Crippen LogP contribution is 2.32. The third kappa shape index (κ3) is 4.55. The van der Waals surface area contributed by atoms with E-state index in [9.17, 15) is 0 Å². The van der Waals surface area contributed by atoms with Gasteiger partial charge in [0.25, 0.3) is 0 Å². The Morgan fingerprint density at radius 3 is 2.55 bits per heavy atom. The Kier molecular flexibility index (Phi) is 4.79. The van der Waals surface area contributed by atoms with Gasteiger partial charge in [-0.1, -0.05) is 62.4 Å². The van der Waals surface area contributed by atoms with E-state index in [1.54, 1.807) is 0 Å². The number of hydrogen-bond donors (Lipinski definition) is 1. The van der Waals surface area contributed by atoms with Gasteiger partial charge in [-0.2, -0.15) is 0 Å². The molecule has 2 rings (SSSR count). The van der Waals surface area contributed by atoms with E-state index >= 15 is 0 Å². The summed E-state index contributed by atoms with van der Waals surface area (Å²) in [5.41, 5.74) is 3.00. The number of benzene rings is 1. The van der Waals surface area contributed by atoms with Crippen molar-refractivity contribution in [3.8, 4) is 0 Å². The van der Waals surface area contributed by atoms with Gasteiger partial charge >= 0.3 is 0 Å². The Morgan fingerprint density at radius 2 is 1.95 bits per heavy atom. The summed E-state index contributed by atoms with van der Waals surface area (Å²) in [5.74, 6) is 0. The number of aryl methyl sites for hydroxylation is 1. The Balaban J connectivity index is 1.87. The molecule has 0 radical (unpaired) electrons. The Labute approximate surface area is 127 Å². The normalized spacial score (nSPS) is 20.6. The number of aliphatic imine (C=N–C) groups is 1. The summed E-state index contributed by atoms with van der Waals surface area (Å²) in [4.78, 5) is 4.65. The van der Waals surface area contributed by atoms with Crippen molar-refractivity contribution >= 4 is 16.9 Å². The molecule has 0 saturated heterocycles. The summed E-state index contributed by atoms with van der Waals surface area (Å²) < 4.78 is 0. The van der Waals surface area contributed by atoms with Gasteiger partial charge < -0.3 is 5.32 Å². The number of nitrogens with one attached hydrogen (secondary N) is 1. The van der Waals surface area contributed by atoms with Crippen molar-refractivity contribution in [2.45, 2.75) is 52.3 Å². The van der Waals surface area contributed by atoms with Crippen LogP contribution in [0, 0.1) is 12.3 Å². The molecule has 1 aliphatic rings. The first-order valence-corrected chi connectivity index (χ1v) is 8.26. The summed E-state index contributed by atoms with van der Waals surface area (Å²) in [6.45, 7) is 12.2. The maximum absolute atomic E-state index is 4.65. The SMILES string of the molecule is Cc1ccc(C(C)NC2=NCC(CC(C)(C)C)S2)cc1. The van der Waals surface area contributed by atoms with E-state index in [-0.39, 0.29) is 0 Å². The van der Waals surface area contributed by atoms with E-state index in [1.807, 2.05) is 11.8 Å². The molecule has 110 valence electrons. The molecule has 1 heterocycles. The van der Waals surface area contributed by atoms with Gasteiger partial charge in [0.2, 0.25) is 0 Å². The lowest BCUT2D eigenvalue weighted by Crippen LogP contribution is -2.24. The number of hydrogen-bond acceptors (Lipinski definition) is 3. The van der Waals surface area contributed by atoms with Crippen LogP contribution in [-0.4, -0.2) is 17.0 Å². The number of thioether (sulfide) groups is 1.